The molecule has 3 aromatic heterocycles. The van der Waals surface area contributed by atoms with Crippen LogP contribution in [0.4, 0.5) is 13.2 Å². The predicted molar refractivity (Wildman–Crippen MR) is 115 cm³/mol. The Morgan fingerprint density at radius 3 is 2.58 bits per heavy atom. The van der Waals surface area contributed by atoms with Crippen molar-refractivity contribution in [1.82, 2.24) is 29.5 Å². The first-order valence-corrected chi connectivity index (χ1v) is 10.0. The number of aromatic nitrogens is 5. The number of nitrogens with one attached hydrogen (secondary N) is 1. The highest BCUT2D eigenvalue weighted by Crippen LogP contribution is 2.29. The van der Waals surface area contributed by atoms with Crippen LogP contribution in [0.2, 0.25) is 0 Å². The number of benzene rings is 2. The van der Waals surface area contributed by atoms with Gasteiger partial charge in [0.2, 0.25) is 0 Å². The third-order valence-corrected chi connectivity index (χ3v) is 5.31. The van der Waals surface area contributed by atoms with E-state index in [1.165, 1.54) is 10.5 Å². The molecule has 0 atom stereocenters. The molecule has 7 nitrogen and oxygen atoms in total. The van der Waals surface area contributed by atoms with Crippen molar-refractivity contribution < 1.29 is 18.0 Å². The lowest BCUT2D eigenvalue weighted by Crippen LogP contribution is -2.24. The van der Waals surface area contributed by atoms with Crippen molar-refractivity contribution in [2.45, 2.75) is 19.6 Å². The van der Waals surface area contributed by atoms with E-state index in [9.17, 15) is 18.0 Å². The SMILES string of the molecule is Cc1nc2cc(C(=O)NCc3nnc4ccc(C(F)(F)F)cn34)ccc2n1-c1ccccc1. The number of para-hydroxylation sites is 1. The number of halogens is 3. The Kier molecular flexibility index (Phi) is 4.85. The maximum absolute atomic E-state index is 13.0. The van der Waals surface area contributed by atoms with Gasteiger partial charge in [0.1, 0.15) is 5.82 Å². The van der Waals surface area contributed by atoms with Crippen LogP contribution >= 0.6 is 0 Å². The molecule has 166 valence electrons. The van der Waals surface area contributed by atoms with E-state index in [0.717, 1.165) is 29.3 Å². The molecule has 0 aliphatic carbocycles. The average Bonchev–Trinajstić information content (AvgIpc) is 3.36. The fourth-order valence-corrected chi connectivity index (χ4v) is 3.73. The van der Waals surface area contributed by atoms with Gasteiger partial charge in [0.05, 0.1) is 23.1 Å². The van der Waals surface area contributed by atoms with Crippen molar-refractivity contribution in [3.63, 3.8) is 0 Å². The number of imidazole rings is 1. The molecule has 5 aromatic rings. The largest absolute Gasteiger partial charge is 0.417 e. The summed E-state index contributed by atoms with van der Waals surface area (Å²) in [7, 11) is 0. The van der Waals surface area contributed by atoms with E-state index in [2.05, 4.69) is 20.5 Å². The normalized spacial score (nSPS) is 11.9. The molecule has 1 N–H and O–H groups in total. The lowest BCUT2D eigenvalue weighted by molar-refractivity contribution is -0.137. The van der Waals surface area contributed by atoms with Gasteiger partial charge in [-0.05, 0) is 49.4 Å². The van der Waals surface area contributed by atoms with Gasteiger partial charge in [-0.15, -0.1) is 10.2 Å². The highest BCUT2D eigenvalue weighted by atomic mass is 19.4. The number of fused-ring (bicyclic) bond motifs is 2. The summed E-state index contributed by atoms with van der Waals surface area (Å²) in [5.74, 6) is 0.575. The van der Waals surface area contributed by atoms with Crippen molar-refractivity contribution >= 4 is 22.6 Å². The molecule has 2 aromatic carbocycles. The van der Waals surface area contributed by atoms with E-state index < -0.39 is 17.6 Å². The summed E-state index contributed by atoms with van der Waals surface area (Å²) >= 11 is 0. The van der Waals surface area contributed by atoms with Crippen molar-refractivity contribution in [2.75, 3.05) is 0 Å². The van der Waals surface area contributed by atoms with Gasteiger partial charge >= 0.3 is 6.18 Å². The molecule has 1 amide bonds. The molecule has 0 fully saturated rings. The fourth-order valence-electron chi connectivity index (χ4n) is 3.73. The minimum absolute atomic E-state index is 0.0865. The smallest absolute Gasteiger partial charge is 0.345 e. The number of pyridine rings is 1. The second kappa shape index (κ2) is 7.73. The van der Waals surface area contributed by atoms with Crippen LogP contribution in [-0.4, -0.2) is 30.1 Å². The summed E-state index contributed by atoms with van der Waals surface area (Å²) in [5.41, 5.74) is 2.30. The van der Waals surface area contributed by atoms with E-state index >= 15 is 0 Å². The van der Waals surface area contributed by atoms with Crippen molar-refractivity contribution in [1.29, 1.82) is 0 Å². The highest BCUT2D eigenvalue weighted by molar-refractivity contribution is 5.97. The molecule has 0 saturated heterocycles. The summed E-state index contributed by atoms with van der Waals surface area (Å²) in [5, 5.41) is 10.4. The second-order valence-corrected chi connectivity index (χ2v) is 7.48. The molecule has 0 aliphatic heterocycles. The molecule has 5 rings (SSSR count). The van der Waals surface area contributed by atoms with Crippen LogP contribution in [0.1, 0.15) is 27.6 Å². The summed E-state index contributed by atoms with van der Waals surface area (Å²) in [6.45, 7) is 1.80. The summed E-state index contributed by atoms with van der Waals surface area (Å²) in [6.07, 6.45) is -3.57. The Labute approximate surface area is 185 Å². The first-order valence-electron chi connectivity index (χ1n) is 10.0. The Morgan fingerprint density at radius 2 is 1.82 bits per heavy atom. The van der Waals surface area contributed by atoms with Gasteiger partial charge in [-0.3, -0.25) is 13.8 Å². The number of aryl methyl sites for hydroxylation is 1. The quantitative estimate of drug-likeness (QED) is 0.442. The highest BCUT2D eigenvalue weighted by Gasteiger charge is 2.31. The number of alkyl halides is 3. The number of hydrogen-bond acceptors (Lipinski definition) is 4. The maximum atomic E-state index is 13.0. The van der Waals surface area contributed by atoms with Gasteiger partial charge in [0.15, 0.2) is 11.5 Å². The van der Waals surface area contributed by atoms with E-state index in [-0.39, 0.29) is 18.0 Å². The van der Waals surface area contributed by atoms with Gasteiger partial charge < -0.3 is 5.32 Å². The molecule has 10 heteroatoms. The lowest BCUT2D eigenvalue weighted by Gasteiger charge is -2.08. The molecule has 0 aliphatic rings. The Bertz CT molecular complexity index is 1490. The number of hydrogen-bond donors (Lipinski definition) is 1. The third kappa shape index (κ3) is 3.79. The third-order valence-electron chi connectivity index (χ3n) is 5.31. The fraction of sp³-hybridized carbons (Fsp3) is 0.130. The van der Waals surface area contributed by atoms with Crippen molar-refractivity contribution in [3.05, 3.63) is 89.6 Å². The molecule has 0 bridgehead atoms. The maximum Gasteiger partial charge on any atom is 0.417 e. The summed E-state index contributed by atoms with van der Waals surface area (Å²) < 4.78 is 42.3. The number of carbonyl (C=O) groups is 1. The summed E-state index contributed by atoms with van der Waals surface area (Å²) in [4.78, 5) is 17.3. The number of carbonyl (C=O) groups excluding carboxylic acids is 1. The van der Waals surface area contributed by atoms with E-state index in [1.807, 2.05) is 47.9 Å². The molecule has 33 heavy (non-hydrogen) atoms. The predicted octanol–water partition coefficient (Wildman–Crippen LogP) is 4.33. The van der Waals surface area contributed by atoms with Gasteiger partial charge in [-0.2, -0.15) is 13.2 Å². The van der Waals surface area contributed by atoms with Crippen LogP contribution in [-0.2, 0) is 12.7 Å². The number of amides is 1. The lowest BCUT2D eigenvalue weighted by atomic mass is 10.2. The molecule has 0 unspecified atom stereocenters. The molecular weight excluding hydrogens is 433 g/mol. The van der Waals surface area contributed by atoms with E-state index in [1.54, 1.807) is 12.1 Å². The van der Waals surface area contributed by atoms with Gasteiger partial charge in [0, 0.05) is 17.4 Å². The number of nitrogens with zero attached hydrogens (tertiary/aromatic N) is 5. The molecule has 0 saturated carbocycles. The Hall–Kier alpha value is -4.21. The van der Waals surface area contributed by atoms with Crippen LogP contribution in [0.5, 0.6) is 0 Å². The zero-order valence-electron chi connectivity index (χ0n) is 17.3. The van der Waals surface area contributed by atoms with Crippen LogP contribution in [0.3, 0.4) is 0 Å². The standard InChI is InChI=1S/C23H17F3N6O/c1-14-28-18-11-15(7-9-19(18)32(14)17-5-3-2-4-6-17)22(33)27-12-21-30-29-20-10-8-16(13-31(20)21)23(24,25)26/h2-11,13H,12H2,1H3,(H,27,33). The van der Waals surface area contributed by atoms with Crippen LogP contribution in [0.15, 0.2) is 66.9 Å². The van der Waals surface area contributed by atoms with Crippen molar-refractivity contribution in [3.8, 4) is 5.69 Å². The average molecular weight is 450 g/mol. The van der Waals surface area contributed by atoms with Crippen LogP contribution in [0.25, 0.3) is 22.4 Å². The van der Waals surface area contributed by atoms with Gasteiger partial charge in [-0.1, -0.05) is 18.2 Å². The van der Waals surface area contributed by atoms with E-state index in [4.69, 9.17) is 0 Å². The van der Waals surface area contributed by atoms with E-state index in [0.29, 0.717) is 11.1 Å². The minimum atomic E-state index is -4.49. The Morgan fingerprint density at radius 1 is 1.03 bits per heavy atom. The van der Waals surface area contributed by atoms with Crippen LogP contribution in [0, 0.1) is 6.92 Å². The number of rotatable bonds is 4. The topological polar surface area (TPSA) is 77.1 Å². The molecule has 0 spiro atoms. The first kappa shape index (κ1) is 20.7. The molecular formula is C23H17F3N6O. The molecule has 0 radical (unpaired) electrons. The van der Waals surface area contributed by atoms with Crippen molar-refractivity contribution in [2.24, 2.45) is 0 Å². The van der Waals surface area contributed by atoms with Gasteiger partial charge in [-0.25, -0.2) is 4.98 Å². The summed E-state index contributed by atoms with van der Waals surface area (Å²) in [6, 6.07) is 17.1. The molecule has 3 heterocycles. The minimum Gasteiger partial charge on any atom is -0.345 e. The Balaban J connectivity index is 1.39. The van der Waals surface area contributed by atoms with Gasteiger partial charge in [0.25, 0.3) is 5.91 Å². The first-order chi connectivity index (χ1) is 15.8. The van der Waals surface area contributed by atoms with Crippen LogP contribution < -0.4 is 5.32 Å². The zero-order valence-corrected chi connectivity index (χ0v) is 17.3. The second-order valence-electron chi connectivity index (χ2n) is 7.48. The zero-order chi connectivity index (χ0) is 23.2. The monoisotopic (exact) mass is 450 g/mol.